The maximum atomic E-state index is 12.2. The van der Waals surface area contributed by atoms with Crippen molar-refractivity contribution >= 4 is 29.3 Å². The summed E-state index contributed by atoms with van der Waals surface area (Å²) in [6, 6.07) is 10.6. The highest BCUT2D eigenvalue weighted by atomic mass is 16.2. The summed E-state index contributed by atoms with van der Waals surface area (Å²) in [7, 11) is 3.36. The minimum absolute atomic E-state index is 0.0389. The van der Waals surface area contributed by atoms with Crippen LogP contribution in [0, 0.1) is 0 Å². The van der Waals surface area contributed by atoms with Crippen LogP contribution in [0.15, 0.2) is 47.6 Å². The molecule has 0 spiro atoms. The second-order valence-electron chi connectivity index (χ2n) is 6.69. The molecule has 2 rings (SSSR count). The highest BCUT2D eigenvalue weighted by molar-refractivity contribution is 6.02. The maximum absolute atomic E-state index is 12.2. The number of aliphatic imine (C=N–C) groups is 1. The van der Waals surface area contributed by atoms with Crippen LogP contribution >= 0.6 is 0 Å². The SMILES string of the molecule is C[C@@H](NC(=O)Nc1cc(N)c(C(N)=NCCC(=O)N(C)C)cn1)c1ccccc1. The maximum Gasteiger partial charge on any atom is 0.320 e. The highest BCUT2D eigenvalue weighted by Gasteiger charge is 2.12. The molecule has 3 amide bonds. The number of amides is 3. The van der Waals surface area contributed by atoms with Gasteiger partial charge in [-0.3, -0.25) is 15.1 Å². The third-order valence-corrected chi connectivity index (χ3v) is 4.21. The molecule has 0 aliphatic carbocycles. The van der Waals surface area contributed by atoms with Crippen LogP contribution < -0.4 is 22.1 Å². The van der Waals surface area contributed by atoms with Gasteiger partial charge in [-0.15, -0.1) is 0 Å². The van der Waals surface area contributed by atoms with E-state index in [4.69, 9.17) is 11.5 Å². The molecule has 29 heavy (non-hydrogen) atoms. The average molecular weight is 397 g/mol. The molecule has 1 atom stereocenters. The van der Waals surface area contributed by atoms with Crippen molar-refractivity contribution in [2.24, 2.45) is 10.7 Å². The van der Waals surface area contributed by atoms with Gasteiger partial charge in [0.1, 0.15) is 11.7 Å². The molecule has 0 saturated heterocycles. The Kier molecular flexibility index (Phi) is 7.53. The van der Waals surface area contributed by atoms with E-state index in [1.165, 1.54) is 17.2 Å². The first-order valence-electron chi connectivity index (χ1n) is 9.16. The monoisotopic (exact) mass is 397 g/mol. The van der Waals surface area contributed by atoms with Crippen LogP contribution in [0.1, 0.15) is 30.5 Å². The summed E-state index contributed by atoms with van der Waals surface area (Å²) in [6.45, 7) is 2.14. The largest absolute Gasteiger partial charge is 0.398 e. The fourth-order valence-electron chi connectivity index (χ4n) is 2.51. The number of benzene rings is 1. The molecule has 1 heterocycles. The molecule has 2 aromatic rings. The van der Waals surface area contributed by atoms with Gasteiger partial charge in [0.25, 0.3) is 0 Å². The lowest BCUT2D eigenvalue weighted by molar-refractivity contribution is -0.128. The number of hydrogen-bond acceptors (Lipinski definition) is 5. The van der Waals surface area contributed by atoms with Gasteiger partial charge in [0.2, 0.25) is 5.91 Å². The third kappa shape index (κ3) is 6.49. The summed E-state index contributed by atoms with van der Waals surface area (Å²) >= 11 is 0. The smallest absolute Gasteiger partial charge is 0.320 e. The number of anilines is 2. The topological polar surface area (TPSA) is 139 Å². The Morgan fingerprint density at radius 2 is 1.93 bits per heavy atom. The summed E-state index contributed by atoms with van der Waals surface area (Å²) in [5.74, 6) is 0.442. The number of aromatic nitrogens is 1. The minimum atomic E-state index is -0.398. The van der Waals surface area contributed by atoms with E-state index in [2.05, 4.69) is 20.6 Å². The number of nitrogen functional groups attached to an aromatic ring is 1. The zero-order valence-electron chi connectivity index (χ0n) is 16.8. The van der Waals surface area contributed by atoms with E-state index < -0.39 is 6.03 Å². The number of amidine groups is 1. The van der Waals surface area contributed by atoms with E-state index in [1.807, 2.05) is 37.3 Å². The Balaban J connectivity index is 1.96. The first-order chi connectivity index (χ1) is 13.8. The van der Waals surface area contributed by atoms with Crippen LogP contribution in [0.5, 0.6) is 0 Å². The zero-order chi connectivity index (χ0) is 21.4. The van der Waals surface area contributed by atoms with E-state index in [0.717, 1.165) is 5.56 Å². The summed E-state index contributed by atoms with van der Waals surface area (Å²) in [5.41, 5.74) is 13.7. The molecule has 0 saturated carbocycles. The van der Waals surface area contributed by atoms with Crippen LogP contribution in [0.4, 0.5) is 16.3 Å². The molecule has 1 aromatic carbocycles. The van der Waals surface area contributed by atoms with Crippen LogP contribution in [0.2, 0.25) is 0 Å². The van der Waals surface area contributed by atoms with Gasteiger partial charge in [0.15, 0.2) is 0 Å². The van der Waals surface area contributed by atoms with Crippen molar-refractivity contribution in [2.45, 2.75) is 19.4 Å². The second kappa shape index (κ2) is 10.1. The molecular formula is C20H27N7O2. The molecule has 0 radical (unpaired) electrons. The van der Waals surface area contributed by atoms with Gasteiger partial charge in [-0.1, -0.05) is 30.3 Å². The van der Waals surface area contributed by atoms with Gasteiger partial charge in [0.05, 0.1) is 18.2 Å². The van der Waals surface area contributed by atoms with Crippen molar-refractivity contribution in [3.8, 4) is 0 Å². The van der Waals surface area contributed by atoms with Gasteiger partial charge in [0, 0.05) is 38.5 Å². The Hall–Kier alpha value is -3.62. The van der Waals surface area contributed by atoms with Crippen molar-refractivity contribution in [3.63, 3.8) is 0 Å². The number of carbonyl (C=O) groups is 2. The first-order valence-corrected chi connectivity index (χ1v) is 9.16. The van der Waals surface area contributed by atoms with Crippen LogP contribution in [-0.2, 0) is 4.79 Å². The van der Waals surface area contributed by atoms with Crippen molar-refractivity contribution in [1.29, 1.82) is 0 Å². The number of nitrogens with two attached hydrogens (primary N) is 2. The van der Waals surface area contributed by atoms with Crippen molar-refractivity contribution < 1.29 is 9.59 Å². The third-order valence-electron chi connectivity index (χ3n) is 4.21. The number of nitrogens with zero attached hydrogens (tertiary/aromatic N) is 3. The molecule has 0 bridgehead atoms. The Labute approximate surface area is 170 Å². The van der Waals surface area contributed by atoms with Crippen LogP contribution in [0.3, 0.4) is 0 Å². The second-order valence-corrected chi connectivity index (χ2v) is 6.69. The first kappa shape index (κ1) is 21.7. The molecule has 6 N–H and O–H groups in total. The molecule has 0 unspecified atom stereocenters. The predicted octanol–water partition coefficient (Wildman–Crippen LogP) is 1.73. The number of urea groups is 1. The van der Waals surface area contributed by atoms with Gasteiger partial charge in [-0.25, -0.2) is 9.78 Å². The average Bonchev–Trinajstić information content (AvgIpc) is 2.68. The van der Waals surface area contributed by atoms with E-state index in [0.29, 0.717) is 17.1 Å². The molecule has 0 fully saturated rings. The predicted molar refractivity (Wildman–Crippen MR) is 115 cm³/mol. The zero-order valence-corrected chi connectivity index (χ0v) is 16.8. The number of carbonyl (C=O) groups excluding carboxylic acids is 2. The van der Waals surface area contributed by atoms with E-state index in [-0.39, 0.29) is 30.8 Å². The van der Waals surface area contributed by atoms with Gasteiger partial charge < -0.3 is 21.7 Å². The standard InChI is InChI=1S/C20H27N7O2/c1-13(14-7-5-4-6-8-14)25-20(29)26-17-11-16(21)15(12-24-17)19(22)23-10-9-18(28)27(2)3/h4-8,11-13H,9-10H2,1-3H3,(H2,22,23)(H4,21,24,25,26,29)/t13-/m1/s1. The van der Waals surface area contributed by atoms with Crippen molar-refractivity contribution in [3.05, 3.63) is 53.7 Å². The van der Waals surface area contributed by atoms with Gasteiger partial charge in [-0.2, -0.15) is 0 Å². The summed E-state index contributed by atoms with van der Waals surface area (Å²) in [6.07, 6.45) is 1.69. The Bertz CT molecular complexity index is 882. The summed E-state index contributed by atoms with van der Waals surface area (Å²) < 4.78 is 0. The van der Waals surface area contributed by atoms with E-state index >= 15 is 0 Å². The number of rotatable bonds is 7. The number of nitrogens with one attached hydrogen (secondary N) is 2. The fourth-order valence-corrected chi connectivity index (χ4v) is 2.51. The molecule has 0 aliphatic rings. The highest BCUT2D eigenvalue weighted by Crippen LogP contribution is 2.16. The van der Waals surface area contributed by atoms with Crippen LogP contribution in [-0.4, -0.2) is 48.3 Å². The van der Waals surface area contributed by atoms with Crippen LogP contribution in [0.25, 0.3) is 0 Å². The molecule has 9 nitrogen and oxygen atoms in total. The Morgan fingerprint density at radius 1 is 1.24 bits per heavy atom. The lowest BCUT2D eigenvalue weighted by Gasteiger charge is -2.15. The van der Waals surface area contributed by atoms with Gasteiger partial charge >= 0.3 is 6.03 Å². The number of pyridine rings is 1. The normalized spacial score (nSPS) is 12.2. The molecule has 1 aromatic heterocycles. The van der Waals surface area contributed by atoms with E-state index in [1.54, 1.807) is 14.1 Å². The van der Waals surface area contributed by atoms with Gasteiger partial charge in [-0.05, 0) is 12.5 Å². The molecule has 9 heteroatoms. The summed E-state index contributed by atoms with van der Waals surface area (Å²) in [4.78, 5) is 33.6. The quantitative estimate of drug-likeness (QED) is 0.416. The van der Waals surface area contributed by atoms with E-state index in [9.17, 15) is 9.59 Å². The summed E-state index contributed by atoms with van der Waals surface area (Å²) in [5, 5.41) is 5.48. The molecule has 0 aliphatic heterocycles. The molecule has 154 valence electrons. The lowest BCUT2D eigenvalue weighted by Crippen LogP contribution is -2.31. The minimum Gasteiger partial charge on any atom is -0.398 e. The van der Waals surface area contributed by atoms with Crippen molar-refractivity contribution in [2.75, 3.05) is 31.7 Å². The fraction of sp³-hybridized carbons (Fsp3) is 0.300. The van der Waals surface area contributed by atoms with Crippen molar-refractivity contribution in [1.82, 2.24) is 15.2 Å². The lowest BCUT2D eigenvalue weighted by atomic mass is 10.1. The Morgan fingerprint density at radius 3 is 2.55 bits per heavy atom. The number of hydrogen-bond donors (Lipinski definition) is 4. The molecular weight excluding hydrogens is 370 g/mol.